The minimum Gasteiger partial charge on any atom is -0.448 e. The molecule has 2 rings (SSSR count). The van der Waals surface area contributed by atoms with Crippen molar-refractivity contribution in [1.82, 2.24) is 0 Å². The zero-order valence-electron chi connectivity index (χ0n) is 12.9. The molecule has 0 unspecified atom stereocenters. The molecule has 0 heterocycles. The first kappa shape index (κ1) is 20.6. The van der Waals surface area contributed by atoms with E-state index in [4.69, 9.17) is 10.00 Å². The third kappa shape index (κ3) is 4.91. The van der Waals surface area contributed by atoms with Gasteiger partial charge in [0.1, 0.15) is 12.2 Å². The summed E-state index contributed by atoms with van der Waals surface area (Å²) in [5, 5.41) is 10.6. The summed E-state index contributed by atoms with van der Waals surface area (Å²) in [6.45, 7) is 0. The highest BCUT2D eigenvalue weighted by molar-refractivity contribution is 9.10. The molecule has 0 aliphatic heterocycles. The van der Waals surface area contributed by atoms with Crippen LogP contribution in [0.25, 0.3) is 0 Å². The van der Waals surface area contributed by atoms with Crippen LogP contribution in [0.3, 0.4) is 0 Å². The Balaban J connectivity index is 2.49. The number of alkyl halides is 3. The summed E-state index contributed by atoms with van der Waals surface area (Å²) in [7, 11) is 0. The number of carbonyl (C=O) groups excluding carboxylic acids is 1. The maximum absolute atomic E-state index is 14.0. The fourth-order valence-electron chi connectivity index (χ4n) is 1.95. The molecule has 0 saturated carbocycles. The molecular formula is C16H7BrF6N2O2. The summed E-state index contributed by atoms with van der Waals surface area (Å²) in [5.41, 5.74) is -1.95. The molecule has 0 atom stereocenters. The molecule has 0 radical (unpaired) electrons. The Morgan fingerprint density at radius 1 is 1.11 bits per heavy atom. The molecular weight excluding hydrogens is 446 g/mol. The van der Waals surface area contributed by atoms with Crippen molar-refractivity contribution >= 4 is 27.5 Å². The summed E-state index contributed by atoms with van der Waals surface area (Å²) in [5.74, 6) is -6.71. The van der Waals surface area contributed by atoms with Crippen molar-refractivity contribution in [2.75, 3.05) is 5.32 Å². The van der Waals surface area contributed by atoms with E-state index in [0.29, 0.717) is 0 Å². The number of rotatable bonds is 4. The van der Waals surface area contributed by atoms with Gasteiger partial charge in [0.15, 0.2) is 23.1 Å². The molecule has 0 aliphatic rings. The van der Waals surface area contributed by atoms with E-state index >= 15 is 0 Å². The van der Waals surface area contributed by atoms with Crippen molar-refractivity contribution in [3.05, 3.63) is 51.8 Å². The SMILES string of the molecule is N#CCC(=O)Nc1cc(F)cc(Br)c1Oc1c(F)cc(C(F)(F)F)cc1F. The van der Waals surface area contributed by atoms with Crippen LogP contribution in [0.4, 0.5) is 32.0 Å². The van der Waals surface area contributed by atoms with Crippen LogP contribution in [-0.4, -0.2) is 5.91 Å². The van der Waals surface area contributed by atoms with Crippen molar-refractivity contribution in [3.63, 3.8) is 0 Å². The standard InChI is InChI=1S/C16H7BrF6N2O2/c17-9-5-8(18)6-12(25-13(26)1-2-24)14(9)27-15-10(19)3-7(4-11(15)20)16(21,22)23/h3-6H,1H2,(H,25,26). The quantitative estimate of drug-likeness (QED) is 0.620. The Morgan fingerprint density at radius 3 is 2.22 bits per heavy atom. The highest BCUT2D eigenvalue weighted by Crippen LogP contribution is 2.41. The molecule has 0 saturated heterocycles. The van der Waals surface area contributed by atoms with Gasteiger partial charge >= 0.3 is 6.18 Å². The summed E-state index contributed by atoms with van der Waals surface area (Å²) >= 11 is 2.87. The molecule has 2 aromatic rings. The number of hydrogen-bond acceptors (Lipinski definition) is 3. The summed E-state index contributed by atoms with van der Waals surface area (Å²) in [4.78, 5) is 11.5. The molecule has 0 spiro atoms. The number of halogens is 7. The Labute approximate surface area is 156 Å². The average Bonchev–Trinajstić information content (AvgIpc) is 2.51. The number of amides is 1. The smallest absolute Gasteiger partial charge is 0.416 e. The zero-order chi connectivity index (χ0) is 20.4. The predicted molar refractivity (Wildman–Crippen MR) is 84.4 cm³/mol. The number of carbonyl (C=O) groups is 1. The van der Waals surface area contributed by atoms with Gasteiger partial charge in [0.25, 0.3) is 0 Å². The molecule has 0 aliphatic carbocycles. The lowest BCUT2D eigenvalue weighted by Gasteiger charge is -2.16. The topological polar surface area (TPSA) is 62.1 Å². The van der Waals surface area contributed by atoms with Gasteiger partial charge in [-0.2, -0.15) is 18.4 Å². The van der Waals surface area contributed by atoms with Crippen LogP contribution in [0, 0.1) is 28.8 Å². The van der Waals surface area contributed by atoms with Crippen LogP contribution >= 0.6 is 15.9 Å². The molecule has 27 heavy (non-hydrogen) atoms. The first-order chi connectivity index (χ1) is 12.5. The fourth-order valence-corrected chi connectivity index (χ4v) is 2.46. The molecule has 4 nitrogen and oxygen atoms in total. The van der Waals surface area contributed by atoms with Gasteiger partial charge in [-0.05, 0) is 34.1 Å². The van der Waals surface area contributed by atoms with Crippen molar-refractivity contribution in [1.29, 1.82) is 5.26 Å². The number of nitriles is 1. The Hall–Kier alpha value is -2.74. The number of ether oxygens (including phenoxy) is 1. The zero-order valence-corrected chi connectivity index (χ0v) is 14.5. The van der Waals surface area contributed by atoms with Gasteiger partial charge in [-0.1, -0.05) is 0 Å². The molecule has 142 valence electrons. The Bertz CT molecular complexity index is 917. The number of anilines is 1. The number of hydrogen-bond donors (Lipinski definition) is 1. The Morgan fingerprint density at radius 2 is 1.70 bits per heavy atom. The lowest BCUT2D eigenvalue weighted by atomic mass is 10.2. The first-order valence-electron chi connectivity index (χ1n) is 6.93. The lowest BCUT2D eigenvalue weighted by molar-refractivity contribution is -0.138. The van der Waals surface area contributed by atoms with E-state index in [9.17, 15) is 31.1 Å². The summed E-state index contributed by atoms with van der Waals surface area (Å²) in [6.07, 6.45) is -5.58. The molecule has 2 aromatic carbocycles. The molecule has 0 fully saturated rings. The Kier molecular flexibility index (Phi) is 6.00. The highest BCUT2D eigenvalue weighted by Gasteiger charge is 2.33. The molecule has 0 aromatic heterocycles. The number of nitrogens with one attached hydrogen (secondary N) is 1. The molecule has 11 heteroatoms. The average molecular weight is 453 g/mol. The van der Waals surface area contributed by atoms with Gasteiger partial charge in [0.05, 0.1) is 21.8 Å². The van der Waals surface area contributed by atoms with E-state index in [2.05, 4.69) is 21.2 Å². The maximum Gasteiger partial charge on any atom is 0.416 e. The minimum absolute atomic E-state index is 0.0315. The van der Waals surface area contributed by atoms with Gasteiger partial charge < -0.3 is 10.1 Å². The first-order valence-corrected chi connectivity index (χ1v) is 7.72. The monoisotopic (exact) mass is 452 g/mol. The highest BCUT2D eigenvalue weighted by atomic mass is 79.9. The van der Waals surface area contributed by atoms with Crippen molar-refractivity contribution in [3.8, 4) is 17.6 Å². The van der Waals surface area contributed by atoms with Gasteiger partial charge in [0.2, 0.25) is 5.91 Å². The minimum atomic E-state index is -4.98. The molecule has 0 bridgehead atoms. The normalized spacial score (nSPS) is 11.0. The van der Waals surface area contributed by atoms with E-state index in [0.717, 1.165) is 12.1 Å². The summed E-state index contributed by atoms with van der Waals surface area (Å²) in [6, 6.07) is 3.19. The van der Waals surface area contributed by atoms with E-state index in [1.54, 1.807) is 0 Å². The molecule has 1 N–H and O–H groups in total. The van der Waals surface area contributed by atoms with E-state index < -0.39 is 53.0 Å². The predicted octanol–water partition coefficient (Wildman–Crippen LogP) is 5.53. The van der Waals surface area contributed by atoms with Gasteiger partial charge in [0, 0.05) is 6.07 Å². The largest absolute Gasteiger partial charge is 0.448 e. The van der Waals surface area contributed by atoms with Crippen molar-refractivity contribution in [2.45, 2.75) is 12.6 Å². The fraction of sp³-hybridized carbons (Fsp3) is 0.125. The van der Waals surface area contributed by atoms with Crippen LogP contribution in [0.2, 0.25) is 0 Å². The molecule has 1 amide bonds. The van der Waals surface area contributed by atoms with Crippen molar-refractivity contribution in [2.24, 2.45) is 0 Å². The third-order valence-electron chi connectivity index (χ3n) is 3.05. The van der Waals surface area contributed by atoms with Gasteiger partial charge in [-0.15, -0.1) is 0 Å². The van der Waals surface area contributed by atoms with Crippen molar-refractivity contribution < 1.29 is 35.9 Å². The van der Waals surface area contributed by atoms with E-state index in [-0.39, 0.29) is 22.3 Å². The second-order valence-electron chi connectivity index (χ2n) is 5.02. The van der Waals surface area contributed by atoms with Crippen LogP contribution in [0.15, 0.2) is 28.7 Å². The van der Waals surface area contributed by atoms with Crippen LogP contribution < -0.4 is 10.1 Å². The number of benzene rings is 2. The second kappa shape index (κ2) is 7.87. The van der Waals surface area contributed by atoms with E-state index in [1.165, 1.54) is 6.07 Å². The van der Waals surface area contributed by atoms with Crippen LogP contribution in [0.5, 0.6) is 11.5 Å². The van der Waals surface area contributed by atoms with E-state index in [1.807, 2.05) is 0 Å². The van der Waals surface area contributed by atoms with Gasteiger partial charge in [-0.25, -0.2) is 13.2 Å². The summed E-state index contributed by atoms with van der Waals surface area (Å²) < 4.78 is 84.1. The lowest BCUT2D eigenvalue weighted by Crippen LogP contribution is -2.12. The van der Waals surface area contributed by atoms with Crippen LogP contribution in [0.1, 0.15) is 12.0 Å². The second-order valence-corrected chi connectivity index (χ2v) is 5.87. The maximum atomic E-state index is 14.0. The third-order valence-corrected chi connectivity index (χ3v) is 3.64. The number of nitrogens with zero attached hydrogens (tertiary/aromatic N) is 1. The van der Waals surface area contributed by atoms with Gasteiger partial charge in [-0.3, -0.25) is 4.79 Å². The van der Waals surface area contributed by atoms with Crippen LogP contribution in [-0.2, 0) is 11.0 Å².